The topological polar surface area (TPSA) is 103 Å². The summed E-state index contributed by atoms with van der Waals surface area (Å²) in [5.41, 5.74) is 3.65. The monoisotopic (exact) mass is 376 g/mol. The van der Waals surface area contributed by atoms with Crippen LogP contribution in [0.5, 0.6) is 11.5 Å². The third kappa shape index (κ3) is 4.98. The van der Waals surface area contributed by atoms with E-state index in [1.807, 2.05) is 0 Å². The van der Waals surface area contributed by atoms with Crippen LogP contribution >= 0.6 is 0 Å². The molecule has 1 heterocycles. The predicted molar refractivity (Wildman–Crippen MR) is 101 cm³/mol. The smallest absolute Gasteiger partial charge is 0.343 e. The van der Waals surface area contributed by atoms with Gasteiger partial charge in [0, 0.05) is 12.4 Å². The fourth-order valence-corrected chi connectivity index (χ4v) is 2.15. The van der Waals surface area contributed by atoms with Crippen LogP contribution in [0.2, 0.25) is 0 Å². The number of methoxy groups -OCH3 is 1. The fourth-order valence-electron chi connectivity index (χ4n) is 2.15. The van der Waals surface area contributed by atoms with Gasteiger partial charge in [-0.1, -0.05) is 0 Å². The van der Waals surface area contributed by atoms with Crippen LogP contribution < -0.4 is 14.9 Å². The first-order chi connectivity index (χ1) is 13.7. The summed E-state index contributed by atoms with van der Waals surface area (Å²) in [6.45, 7) is 0. The van der Waals surface area contributed by atoms with E-state index in [9.17, 15) is 9.59 Å². The van der Waals surface area contributed by atoms with Crippen LogP contribution in [0.1, 0.15) is 26.4 Å². The summed E-state index contributed by atoms with van der Waals surface area (Å²) >= 11 is 0. The number of hydrogen-bond acceptors (Lipinski definition) is 7. The molecule has 0 radical (unpaired) electrons. The van der Waals surface area contributed by atoms with Crippen molar-refractivity contribution in [2.45, 2.75) is 0 Å². The molecule has 3 rings (SSSR count). The fraction of sp³-hybridized carbons (Fsp3) is 0.0500. The van der Waals surface area contributed by atoms with E-state index < -0.39 is 11.9 Å². The van der Waals surface area contributed by atoms with E-state index >= 15 is 0 Å². The van der Waals surface area contributed by atoms with Gasteiger partial charge in [-0.15, -0.1) is 0 Å². The molecule has 0 fully saturated rings. The molecule has 0 aliphatic carbocycles. The molecule has 1 amide bonds. The molecule has 3 aromatic rings. The SMILES string of the molecule is COc1ccc(C(=O)Oc2ccc(/C=N\NC(=O)c3cnccn3)cc2)cc1. The number of nitrogens with zero attached hydrogens (tertiary/aromatic N) is 3. The Bertz CT molecular complexity index is 971. The molecule has 8 heteroatoms. The lowest BCUT2D eigenvalue weighted by atomic mass is 10.2. The third-order valence-corrected chi connectivity index (χ3v) is 3.59. The number of benzene rings is 2. The van der Waals surface area contributed by atoms with E-state index in [1.165, 1.54) is 24.8 Å². The molecule has 0 bridgehead atoms. The van der Waals surface area contributed by atoms with Crippen molar-refractivity contribution in [1.29, 1.82) is 0 Å². The summed E-state index contributed by atoms with van der Waals surface area (Å²) in [5.74, 6) is 0.114. The Hall–Kier alpha value is -4.07. The first-order valence-electron chi connectivity index (χ1n) is 8.21. The predicted octanol–water partition coefficient (Wildman–Crippen LogP) is 2.47. The van der Waals surface area contributed by atoms with Crippen molar-refractivity contribution in [1.82, 2.24) is 15.4 Å². The molecular formula is C20H16N4O4. The van der Waals surface area contributed by atoms with Gasteiger partial charge in [0.25, 0.3) is 5.91 Å². The van der Waals surface area contributed by atoms with Crippen LogP contribution in [0.4, 0.5) is 0 Å². The zero-order chi connectivity index (χ0) is 19.8. The number of esters is 1. The van der Waals surface area contributed by atoms with Crippen LogP contribution in [-0.4, -0.2) is 35.2 Å². The molecule has 8 nitrogen and oxygen atoms in total. The minimum atomic E-state index is -0.472. The van der Waals surface area contributed by atoms with Crippen LogP contribution in [0, 0.1) is 0 Å². The standard InChI is InChI=1S/C20H16N4O4/c1-27-16-8-4-15(5-9-16)20(26)28-17-6-2-14(3-7-17)12-23-24-19(25)18-13-21-10-11-22-18/h2-13H,1H3,(H,24,25)/b23-12-. The van der Waals surface area contributed by atoms with Gasteiger partial charge in [-0.2, -0.15) is 5.10 Å². The first-order valence-corrected chi connectivity index (χ1v) is 8.21. The zero-order valence-corrected chi connectivity index (χ0v) is 14.9. The van der Waals surface area contributed by atoms with E-state index in [2.05, 4.69) is 20.5 Å². The lowest BCUT2D eigenvalue weighted by molar-refractivity contribution is 0.0734. The maximum absolute atomic E-state index is 12.1. The highest BCUT2D eigenvalue weighted by Crippen LogP contribution is 2.16. The maximum Gasteiger partial charge on any atom is 0.343 e. The van der Waals surface area contributed by atoms with Crippen LogP contribution in [-0.2, 0) is 0 Å². The summed E-state index contributed by atoms with van der Waals surface area (Å²) in [6, 6.07) is 13.3. The Labute approximate surface area is 160 Å². The minimum absolute atomic E-state index is 0.167. The van der Waals surface area contributed by atoms with Crippen LogP contribution in [0.15, 0.2) is 72.2 Å². The van der Waals surface area contributed by atoms with Crippen molar-refractivity contribution >= 4 is 18.1 Å². The number of carbonyl (C=O) groups excluding carboxylic acids is 2. The molecule has 2 aromatic carbocycles. The molecule has 1 N–H and O–H groups in total. The van der Waals surface area contributed by atoms with Crippen molar-refractivity contribution in [2.24, 2.45) is 5.10 Å². The molecular weight excluding hydrogens is 360 g/mol. The molecule has 0 saturated carbocycles. The second kappa shape index (κ2) is 9.04. The Morgan fingerprint density at radius 2 is 1.71 bits per heavy atom. The largest absolute Gasteiger partial charge is 0.497 e. The van der Waals surface area contributed by atoms with Crippen molar-refractivity contribution in [3.63, 3.8) is 0 Å². The molecule has 0 spiro atoms. The van der Waals surface area contributed by atoms with E-state index in [1.54, 1.807) is 55.6 Å². The Kier molecular flexibility index (Phi) is 6.04. The highest BCUT2D eigenvalue weighted by molar-refractivity contribution is 5.93. The number of nitrogens with one attached hydrogen (secondary N) is 1. The number of hydrazone groups is 1. The second-order valence-electron chi connectivity index (χ2n) is 5.48. The van der Waals surface area contributed by atoms with Gasteiger partial charge >= 0.3 is 5.97 Å². The van der Waals surface area contributed by atoms with Gasteiger partial charge in [0.1, 0.15) is 17.2 Å². The van der Waals surface area contributed by atoms with E-state index in [-0.39, 0.29) is 5.69 Å². The summed E-state index contributed by atoms with van der Waals surface area (Å²) in [4.78, 5) is 31.6. The summed E-state index contributed by atoms with van der Waals surface area (Å²) in [5, 5.41) is 3.86. The lowest BCUT2D eigenvalue weighted by Crippen LogP contribution is -2.19. The van der Waals surface area contributed by atoms with E-state index in [0.29, 0.717) is 22.6 Å². The van der Waals surface area contributed by atoms with Crippen LogP contribution in [0.25, 0.3) is 0 Å². The first kappa shape index (κ1) is 18.7. The highest BCUT2D eigenvalue weighted by Gasteiger charge is 2.09. The van der Waals surface area contributed by atoms with Crippen LogP contribution in [0.3, 0.4) is 0 Å². The maximum atomic E-state index is 12.1. The lowest BCUT2D eigenvalue weighted by Gasteiger charge is -2.05. The average molecular weight is 376 g/mol. The summed E-state index contributed by atoms with van der Waals surface area (Å²) in [7, 11) is 1.55. The Morgan fingerprint density at radius 3 is 2.36 bits per heavy atom. The number of carbonyl (C=O) groups is 2. The third-order valence-electron chi connectivity index (χ3n) is 3.59. The summed E-state index contributed by atoms with van der Waals surface area (Å²) < 4.78 is 10.4. The van der Waals surface area contributed by atoms with Gasteiger partial charge < -0.3 is 9.47 Å². The van der Waals surface area contributed by atoms with Gasteiger partial charge in [-0.05, 0) is 54.1 Å². The summed E-state index contributed by atoms with van der Waals surface area (Å²) in [6.07, 6.45) is 5.70. The number of ether oxygens (including phenoxy) is 2. The number of rotatable bonds is 6. The zero-order valence-electron chi connectivity index (χ0n) is 14.9. The van der Waals surface area contributed by atoms with Gasteiger partial charge in [0.05, 0.1) is 25.1 Å². The van der Waals surface area contributed by atoms with Crippen molar-refractivity contribution in [3.05, 3.63) is 83.9 Å². The van der Waals surface area contributed by atoms with Gasteiger partial charge in [-0.25, -0.2) is 15.2 Å². The quantitative estimate of drug-likeness (QED) is 0.307. The minimum Gasteiger partial charge on any atom is -0.497 e. The molecule has 0 saturated heterocycles. The van der Waals surface area contributed by atoms with Gasteiger partial charge in [0.2, 0.25) is 0 Å². The van der Waals surface area contributed by atoms with E-state index in [0.717, 1.165) is 0 Å². The Morgan fingerprint density at radius 1 is 1.00 bits per heavy atom. The molecule has 0 unspecified atom stereocenters. The molecule has 28 heavy (non-hydrogen) atoms. The van der Waals surface area contributed by atoms with Crippen molar-refractivity contribution < 1.29 is 19.1 Å². The van der Waals surface area contributed by atoms with Gasteiger partial charge in [-0.3, -0.25) is 9.78 Å². The number of aromatic nitrogens is 2. The molecule has 140 valence electrons. The number of hydrogen-bond donors (Lipinski definition) is 1. The van der Waals surface area contributed by atoms with Crippen molar-refractivity contribution in [2.75, 3.05) is 7.11 Å². The highest BCUT2D eigenvalue weighted by atomic mass is 16.5. The Balaban J connectivity index is 1.55. The van der Waals surface area contributed by atoms with Gasteiger partial charge in [0.15, 0.2) is 0 Å². The van der Waals surface area contributed by atoms with Crippen molar-refractivity contribution in [3.8, 4) is 11.5 Å². The molecule has 0 aliphatic heterocycles. The molecule has 0 atom stereocenters. The molecule has 0 aliphatic rings. The second-order valence-corrected chi connectivity index (χ2v) is 5.48. The normalized spacial score (nSPS) is 10.5. The average Bonchev–Trinajstić information content (AvgIpc) is 2.75. The molecule has 1 aromatic heterocycles. The number of amides is 1. The van der Waals surface area contributed by atoms with E-state index in [4.69, 9.17) is 9.47 Å².